The van der Waals surface area contributed by atoms with Crippen LogP contribution >= 0.6 is 23.1 Å². The minimum atomic E-state index is -0.426. The number of hydrogen-bond donors (Lipinski definition) is 1. The van der Waals surface area contributed by atoms with E-state index in [-0.39, 0.29) is 11.7 Å². The number of ether oxygens (including phenoxy) is 1. The SMILES string of the molecule is CCc1c(C)sc(NC(=O)CSc2nnc(CC)n2C)c1C(=O)OC. The van der Waals surface area contributed by atoms with E-state index in [2.05, 4.69) is 15.5 Å². The van der Waals surface area contributed by atoms with E-state index in [1.54, 1.807) is 0 Å². The molecular weight excluding hydrogens is 360 g/mol. The molecule has 2 rings (SSSR count). The molecule has 1 amide bonds. The summed E-state index contributed by atoms with van der Waals surface area (Å²) in [5.41, 5.74) is 1.37. The quantitative estimate of drug-likeness (QED) is 0.585. The molecule has 0 saturated heterocycles. The van der Waals surface area contributed by atoms with Gasteiger partial charge in [-0.2, -0.15) is 0 Å². The fourth-order valence-electron chi connectivity index (χ4n) is 2.48. The second-order valence-corrected chi connectivity index (χ2v) is 7.50. The van der Waals surface area contributed by atoms with Gasteiger partial charge in [-0.05, 0) is 18.9 Å². The fourth-order valence-corrected chi connectivity index (χ4v) is 4.36. The summed E-state index contributed by atoms with van der Waals surface area (Å²) >= 11 is 2.71. The van der Waals surface area contributed by atoms with Crippen molar-refractivity contribution in [1.29, 1.82) is 0 Å². The van der Waals surface area contributed by atoms with Crippen LogP contribution in [-0.2, 0) is 29.4 Å². The van der Waals surface area contributed by atoms with Crippen molar-refractivity contribution in [3.8, 4) is 0 Å². The Morgan fingerprint density at radius 3 is 2.56 bits per heavy atom. The standard InChI is InChI=1S/C16H22N4O3S2/c1-6-10-9(3)25-14(13(10)15(22)23-5)17-12(21)8-24-16-19-18-11(7-2)20(16)4/h6-8H2,1-5H3,(H,17,21). The number of nitrogens with zero attached hydrogens (tertiary/aromatic N) is 3. The molecule has 0 fully saturated rings. The molecule has 0 atom stereocenters. The molecule has 0 aromatic carbocycles. The molecule has 0 radical (unpaired) electrons. The molecule has 0 aliphatic carbocycles. The Hall–Kier alpha value is -1.87. The van der Waals surface area contributed by atoms with E-state index in [1.807, 2.05) is 32.4 Å². The lowest BCUT2D eigenvalue weighted by atomic mass is 10.1. The summed E-state index contributed by atoms with van der Waals surface area (Å²) in [6, 6.07) is 0. The highest BCUT2D eigenvalue weighted by atomic mass is 32.2. The zero-order valence-electron chi connectivity index (χ0n) is 15.0. The van der Waals surface area contributed by atoms with Gasteiger partial charge in [-0.25, -0.2) is 4.79 Å². The Balaban J connectivity index is 2.10. The number of hydrogen-bond acceptors (Lipinski definition) is 7. The molecule has 25 heavy (non-hydrogen) atoms. The summed E-state index contributed by atoms with van der Waals surface area (Å²) in [6.07, 6.45) is 1.49. The zero-order chi connectivity index (χ0) is 18.6. The highest BCUT2D eigenvalue weighted by Crippen LogP contribution is 2.34. The van der Waals surface area contributed by atoms with Crippen molar-refractivity contribution in [3.05, 3.63) is 21.8 Å². The molecule has 0 aliphatic heterocycles. The molecule has 0 aliphatic rings. The Bertz CT molecular complexity index is 783. The number of thioether (sulfide) groups is 1. The topological polar surface area (TPSA) is 86.1 Å². The first-order valence-corrected chi connectivity index (χ1v) is 9.74. The molecule has 0 spiro atoms. The maximum absolute atomic E-state index is 12.3. The highest BCUT2D eigenvalue weighted by Gasteiger charge is 2.23. The van der Waals surface area contributed by atoms with Gasteiger partial charge < -0.3 is 14.6 Å². The van der Waals surface area contributed by atoms with Gasteiger partial charge in [-0.1, -0.05) is 25.6 Å². The first-order chi connectivity index (χ1) is 11.9. The van der Waals surface area contributed by atoms with Gasteiger partial charge in [0.05, 0.1) is 18.4 Å². The minimum absolute atomic E-state index is 0.189. The number of carbonyl (C=O) groups excluding carboxylic acids is 2. The molecule has 0 bridgehead atoms. The number of amides is 1. The van der Waals surface area contributed by atoms with E-state index in [9.17, 15) is 9.59 Å². The molecule has 0 saturated carbocycles. The van der Waals surface area contributed by atoms with E-state index in [0.29, 0.717) is 22.1 Å². The van der Waals surface area contributed by atoms with Crippen molar-refractivity contribution in [2.24, 2.45) is 7.05 Å². The molecule has 2 heterocycles. The minimum Gasteiger partial charge on any atom is -0.465 e. The number of nitrogens with one attached hydrogen (secondary N) is 1. The molecule has 1 N–H and O–H groups in total. The van der Waals surface area contributed by atoms with Crippen molar-refractivity contribution in [2.75, 3.05) is 18.2 Å². The van der Waals surface area contributed by atoms with E-state index in [4.69, 9.17) is 4.74 Å². The van der Waals surface area contributed by atoms with E-state index in [0.717, 1.165) is 22.7 Å². The monoisotopic (exact) mass is 382 g/mol. The first kappa shape index (κ1) is 19.5. The summed E-state index contributed by atoms with van der Waals surface area (Å²) in [7, 11) is 3.22. The number of aromatic nitrogens is 3. The van der Waals surface area contributed by atoms with Gasteiger partial charge in [0.15, 0.2) is 5.16 Å². The summed E-state index contributed by atoms with van der Waals surface area (Å²) in [5, 5.41) is 12.2. The van der Waals surface area contributed by atoms with Gasteiger partial charge >= 0.3 is 5.97 Å². The van der Waals surface area contributed by atoms with Crippen molar-refractivity contribution < 1.29 is 14.3 Å². The first-order valence-electron chi connectivity index (χ1n) is 7.94. The summed E-state index contributed by atoms with van der Waals surface area (Å²) < 4.78 is 6.74. The maximum atomic E-state index is 12.3. The lowest BCUT2D eigenvalue weighted by Crippen LogP contribution is -2.16. The van der Waals surface area contributed by atoms with Crippen LogP contribution in [0, 0.1) is 6.92 Å². The fraction of sp³-hybridized carbons (Fsp3) is 0.500. The average molecular weight is 383 g/mol. The van der Waals surface area contributed by atoms with E-state index in [1.165, 1.54) is 30.2 Å². The second kappa shape index (κ2) is 8.48. The maximum Gasteiger partial charge on any atom is 0.341 e. The van der Waals surface area contributed by atoms with Crippen LogP contribution in [0.4, 0.5) is 5.00 Å². The van der Waals surface area contributed by atoms with Gasteiger partial charge in [-0.15, -0.1) is 21.5 Å². The zero-order valence-corrected chi connectivity index (χ0v) is 16.6. The van der Waals surface area contributed by atoms with Gasteiger partial charge in [-0.3, -0.25) is 4.79 Å². The van der Waals surface area contributed by atoms with Crippen LogP contribution in [0.2, 0.25) is 0 Å². The normalized spacial score (nSPS) is 10.8. The van der Waals surface area contributed by atoms with E-state index >= 15 is 0 Å². The molecule has 7 nitrogen and oxygen atoms in total. The Morgan fingerprint density at radius 1 is 1.28 bits per heavy atom. The van der Waals surface area contributed by atoms with Crippen LogP contribution < -0.4 is 5.32 Å². The average Bonchev–Trinajstić information content (AvgIpc) is 3.11. The van der Waals surface area contributed by atoms with Crippen molar-refractivity contribution >= 4 is 40.0 Å². The Labute approximate surface area is 155 Å². The molecule has 136 valence electrons. The van der Waals surface area contributed by atoms with Crippen LogP contribution in [0.3, 0.4) is 0 Å². The van der Waals surface area contributed by atoms with Crippen LogP contribution in [0.5, 0.6) is 0 Å². The van der Waals surface area contributed by atoms with Crippen molar-refractivity contribution in [2.45, 2.75) is 38.8 Å². The number of methoxy groups -OCH3 is 1. The smallest absolute Gasteiger partial charge is 0.341 e. The molecule has 0 unspecified atom stereocenters. The Morgan fingerprint density at radius 2 is 2.00 bits per heavy atom. The molecule has 2 aromatic rings. The third-order valence-electron chi connectivity index (χ3n) is 3.78. The van der Waals surface area contributed by atoms with Crippen molar-refractivity contribution in [1.82, 2.24) is 14.8 Å². The van der Waals surface area contributed by atoms with Gasteiger partial charge in [0.2, 0.25) is 5.91 Å². The van der Waals surface area contributed by atoms with Crippen LogP contribution in [0.1, 0.15) is 40.5 Å². The third kappa shape index (κ3) is 4.21. The lowest BCUT2D eigenvalue weighted by Gasteiger charge is -2.07. The molecule has 2 aromatic heterocycles. The second-order valence-electron chi connectivity index (χ2n) is 5.33. The number of thiophene rings is 1. The van der Waals surface area contributed by atoms with Gasteiger partial charge in [0.1, 0.15) is 10.8 Å². The van der Waals surface area contributed by atoms with Crippen LogP contribution in [0.15, 0.2) is 5.16 Å². The van der Waals surface area contributed by atoms with Crippen LogP contribution in [0.25, 0.3) is 0 Å². The summed E-state index contributed by atoms with van der Waals surface area (Å²) in [5.74, 6) is 0.442. The number of anilines is 1. The Kier molecular flexibility index (Phi) is 6.60. The predicted molar refractivity (Wildman–Crippen MR) is 99.5 cm³/mol. The van der Waals surface area contributed by atoms with Crippen LogP contribution in [-0.4, -0.2) is 39.5 Å². The highest BCUT2D eigenvalue weighted by molar-refractivity contribution is 7.99. The lowest BCUT2D eigenvalue weighted by molar-refractivity contribution is -0.113. The summed E-state index contributed by atoms with van der Waals surface area (Å²) in [6.45, 7) is 5.92. The summed E-state index contributed by atoms with van der Waals surface area (Å²) in [4.78, 5) is 25.4. The third-order valence-corrected chi connectivity index (χ3v) is 5.86. The molecular formula is C16H22N4O3S2. The predicted octanol–water partition coefficient (Wildman–Crippen LogP) is 2.83. The molecule has 9 heteroatoms. The van der Waals surface area contributed by atoms with Gasteiger partial charge in [0, 0.05) is 18.3 Å². The van der Waals surface area contributed by atoms with Crippen molar-refractivity contribution in [3.63, 3.8) is 0 Å². The number of rotatable bonds is 7. The number of esters is 1. The largest absolute Gasteiger partial charge is 0.465 e. The van der Waals surface area contributed by atoms with Gasteiger partial charge in [0.25, 0.3) is 0 Å². The number of aryl methyl sites for hydroxylation is 2. The number of carbonyl (C=O) groups is 2. The van der Waals surface area contributed by atoms with E-state index < -0.39 is 5.97 Å².